The van der Waals surface area contributed by atoms with Crippen LogP contribution in [0.3, 0.4) is 0 Å². The molecule has 4 heteroatoms. The van der Waals surface area contributed by atoms with Crippen molar-refractivity contribution >= 4 is 0 Å². The molecule has 2 rings (SSSR count). The Morgan fingerprint density at radius 1 is 1.53 bits per heavy atom. The third-order valence-electron chi connectivity index (χ3n) is 3.22. The topological polar surface area (TPSA) is 29.4 Å². The fraction of sp³-hybridized carbons (Fsp3) is 0.692. The van der Waals surface area contributed by atoms with Gasteiger partial charge in [0, 0.05) is 45.1 Å². The molecule has 1 unspecified atom stereocenters. The van der Waals surface area contributed by atoms with Gasteiger partial charge in [-0.15, -0.1) is 0 Å². The van der Waals surface area contributed by atoms with Gasteiger partial charge in [0.1, 0.15) is 0 Å². The van der Waals surface area contributed by atoms with Crippen molar-refractivity contribution in [3.05, 3.63) is 24.0 Å². The van der Waals surface area contributed by atoms with Gasteiger partial charge in [-0.2, -0.15) is 0 Å². The van der Waals surface area contributed by atoms with Gasteiger partial charge in [0.05, 0.1) is 12.7 Å². The molecule has 0 radical (unpaired) electrons. The van der Waals surface area contributed by atoms with E-state index in [9.17, 15) is 0 Å². The number of aromatic nitrogens is 1. The first-order valence-electron chi connectivity index (χ1n) is 6.43. The molecule has 1 atom stereocenters. The fourth-order valence-electron chi connectivity index (χ4n) is 2.16. The molecule has 1 aliphatic heterocycles. The summed E-state index contributed by atoms with van der Waals surface area (Å²) in [5.74, 6) is 0. The summed E-state index contributed by atoms with van der Waals surface area (Å²) in [6.45, 7) is 7.99. The predicted molar refractivity (Wildman–Crippen MR) is 69.0 cm³/mol. The molecule has 0 aliphatic carbocycles. The first-order valence-corrected chi connectivity index (χ1v) is 6.43. The van der Waals surface area contributed by atoms with Gasteiger partial charge in [-0.1, -0.05) is 0 Å². The Labute approximate surface area is 104 Å². The Bertz CT molecular complexity index is 337. The second-order valence-electron chi connectivity index (χ2n) is 4.74. The van der Waals surface area contributed by atoms with Crippen LogP contribution >= 0.6 is 0 Å². The van der Waals surface area contributed by atoms with E-state index < -0.39 is 0 Å². The lowest BCUT2D eigenvalue weighted by Crippen LogP contribution is -2.44. The number of morpholine rings is 1. The number of aryl methyl sites for hydroxylation is 1. The van der Waals surface area contributed by atoms with Crippen molar-refractivity contribution in [2.45, 2.75) is 26.1 Å². The smallest absolute Gasteiger partial charge is 0.0826 e. The third-order valence-corrected chi connectivity index (χ3v) is 3.22. The van der Waals surface area contributed by atoms with Gasteiger partial charge in [0.2, 0.25) is 0 Å². The van der Waals surface area contributed by atoms with Crippen LogP contribution in [0.5, 0.6) is 0 Å². The average molecular weight is 237 g/mol. The van der Waals surface area contributed by atoms with Crippen molar-refractivity contribution in [1.29, 1.82) is 0 Å². The number of ether oxygens (including phenoxy) is 1. The zero-order valence-corrected chi connectivity index (χ0v) is 10.9. The Balaban J connectivity index is 1.68. The Kier molecular flexibility index (Phi) is 4.59. The van der Waals surface area contributed by atoms with E-state index in [2.05, 4.69) is 47.2 Å². The minimum Gasteiger partial charge on any atom is -0.374 e. The number of nitrogens with one attached hydrogen (secondary N) is 1. The van der Waals surface area contributed by atoms with E-state index in [1.165, 1.54) is 5.56 Å². The van der Waals surface area contributed by atoms with Crippen molar-refractivity contribution in [1.82, 2.24) is 14.8 Å². The highest BCUT2D eigenvalue weighted by Gasteiger charge is 2.16. The van der Waals surface area contributed by atoms with E-state index in [-0.39, 0.29) is 0 Å². The number of likely N-dealkylation sites (N-methyl/N-ethyl adjacent to an activating group) is 1. The predicted octanol–water partition coefficient (Wildman–Crippen LogP) is 0.928. The quantitative estimate of drug-likeness (QED) is 0.826. The fourth-order valence-corrected chi connectivity index (χ4v) is 2.16. The van der Waals surface area contributed by atoms with E-state index in [0.29, 0.717) is 6.10 Å². The molecule has 17 heavy (non-hydrogen) atoms. The van der Waals surface area contributed by atoms with Crippen molar-refractivity contribution in [3.63, 3.8) is 0 Å². The number of nitrogens with zero attached hydrogens (tertiary/aromatic N) is 2. The Hall–Kier alpha value is -0.840. The van der Waals surface area contributed by atoms with Gasteiger partial charge in [-0.05, 0) is 25.6 Å². The SMILES string of the molecule is CCn1ccc(CNCC2CN(C)CCO2)c1. The van der Waals surface area contributed by atoms with Crippen LogP contribution in [0.15, 0.2) is 18.5 Å². The zero-order valence-electron chi connectivity index (χ0n) is 10.9. The third kappa shape index (κ3) is 3.84. The van der Waals surface area contributed by atoms with Crippen LogP contribution in [0.4, 0.5) is 0 Å². The number of hydrogen-bond donors (Lipinski definition) is 1. The summed E-state index contributed by atoms with van der Waals surface area (Å²) < 4.78 is 7.90. The van der Waals surface area contributed by atoms with E-state index >= 15 is 0 Å². The lowest BCUT2D eigenvalue weighted by atomic mass is 10.2. The zero-order chi connectivity index (χ0) is 12.1. The van der Waals surface area contributed by atoms with Crippen LogP contribution in [-0.2, 0) is 17.8 Å². The molecular formula is C13H23N3O. The maximum Gasteiger partial charge on any atom is 0.0826 e. The highest BCUT2D eigenvalue weighted by atomic mass is 16.5. The largest absolute Gasteiger partial charge is 0.374 e. The lowest BCUT2D eigenvalue weighted by molar-refractivity contribution is -0.0182. The minimum atomic E-state index is 0.335. The van der Waals surface area contributed by atoms with Gasteiger partial charge in [-0.3, -0.25) is 0 Å². The van der Waals surface area contributed by atoms with Crippen LogP contribution in [0.1, 0.15) is 12.5 Å². The second-order valence-corrected chi connectivity index (χ2v) is 4.74. The molecule has 0 bridgehead atoms. The van der Waals surface area contributed by atoms with Crippen molar-refractivity contribution in [2.75, 3.05) is 33.3 Å². The second kappa shape index (κ2) is 6.19. The molecule has 1 aromatic rings. The summed E-state index contributed by atoms with van der Waals surface area (Å²) in [4.78, 5) is 2.32. The molecule has 0 amide bonds. The molecule has 1 fully saturated rings. The number of rotatable bonds is 5. The first kappa shape index (κ1) is 12.6. The summed E-state index contributed by atoms with van der Waals surface area (Å²) in [5, 5.41) is 3.46. The summed E-state index contributed by atoms with van der Waals surface area (Å²) in [6.07, 6.45) is 4.66. The van der Waals surface area contributed by atoms with Crippen LogP contribution in [0.2, 0.25) is 0 Å². The standard InChI is InChI=1S/C13H23N3O/c1-3-16-5-4-12(10-16)8-14-9-13-11-15(2)6-7-17-13/h4-5,10,13-14H,3,6-9,11H2,1-2H3. The summed E-state index contributed by atoms with van der Waals surface area (Å²) in [7, 11) is 2.15. The van der Waals surface area contributed by atoms with Crippen molar-refractivity contribution < 1.29 is 4.74 Å². The molecule has 2 heterocycles. The maximum atomic E-state index is 5.70. The van der Waals surface area contributed by atoms with Crippen LogP contribution in [0, 0.1) is 0 Å². The molecule has 1 N–H and O–H groups in total. The monoisotopic (exact) mass is 237 g/mol. The highest BCUT2D eigenvalue weighted by Crippen LogP contribution is 2.03. The molecule has 0 spiro atoms. The number of hydrogen-bond acceptors (Lipinski definition) is 3. The maximum absolute atomic E-state index is 5.70. The van der Waals surface area contributed by atoms with Crippen LogP contribution in [-0.4, -0.2) is 48.9 Å². The average Bonchev–Trinajstić information content (AvgIpc) is 2.77. The van der Waals surface area contributed by atoms with Gasteiger partial charge < -0.3 is 19.5 Å². The summed E-state index contributed by atoms with van der Waals surface area (Å²) in [5.41, 5.74) is 1.34. The van der Waals surface area contributed by atoms with Gasteiger partial charge in [0.25, 0.3) is 0 Å². The Morgan fingerprint density at radius 3 is 3.12 bits per heavy atom. The van der Waals surface area contributed by atoms with Crippen molar-refractivity contribution in [3.8, 4) is 0 Å². The van der Waals surface area contributed by atoms with Gasteiger partial charge in [-0.25, -0.2) is 0 Å². The highest BCUT2D eigenvalue weighted by molar-refractivity contribution is 5.09. The summed E-state index contributed by atoms with van der Waals surface area (Å²) >= 11 is 0. The Morgan fingerprint density at radius 2 is 2.41 bits per heavy atom. The van der Waals surface area contributed by atoms with Crippen LogP contribution < -0.4 is 5.32 Å². The van der Waals surface area contributed by atoms with Crippen molar-refractivity contribution in [2.24, 2.45) is 0 Å². The van der Waals surface area contributed by atoms with E-state index in [4.69, 9.17) is 4.74 Å². The molecule has 4 nitrogen and oxygen atoms in total. The minimum absolute atomic E-state index is 0.335. The van der Waals surface area contributed by atoms with E-state index in [1.807, 2.05) is 0 Å². The molecule has 1 aliphatic rings. The molecule has 1 aromatic heterocycles. The lowest BCUT2D eigenvalue weighted by Gasteiger charge is -2.30. The molecule has 0 aromatic carbocycles. The van der Waals surface area contributed by atoms with Crippen LogP contribution in [0.25, 0.3) is 0 Å². The first-order chi connectivity index (χ1) is 8.28. The normalized spacial score (nSPS) is 21.9. The molecule has 0 saturated carbocycles. The molecule has 1 saturated heterocycles. The summed E-state index contributed by atoms with van der Waals surface area (Å²) in [6, 6.07) is 2.17. The van der Waals surface area contributed by atoms with E-state index in [1.54, 1.807) is 0 Å². The molecule has 96 valence electrons. The van der Waals surface area contributed by atoms with Gasteiger partial charge in [0.15, 0.2) is 0 Å². The van der Waals surface area contributed by atoms with Gasteiger partial charge >= 0.3 is 0 Å². The van der Waals surface area contributed by atoms with E-state index in [0.717, 1.165) is 39.3 Å². The molecular weight excluding hydrogens is 214 g/mol.